The minimum atomic E-state index is -0.165. The summed E-state index contributed by atoms with van der Waals surface area (Å²) in [7, 11) is 5.14. The van der Waals surface area contributed by atoms with Gasteiger partial charge in [-0.3, -0.25) is 4.79 Å². The number of nitrogens with one attached hydrogen (secondary N) is 1. The zero-order chi connectivity index (χ0) is 15.4. The normalized spacial score (nSPS) is 10.1. The van der Waals surface area contributed by atoms with Crippen LogP contribution in [-0.2, 0) is 0 Å². The number of nitrogens with zero attached hydrogens (tertiary/aromatic N) is 1. The van der Waals surface area contributed by atoms with Crippen molar-refractivity contribution in [3.8, 4) is 5.75 Å². The van der Waals surface area contributed by atoms with Crippen LogP contribution in [-0.4, -0.2) is 27.1 Å². The highest BCUT2D eigenvalue weighted by atomic mass is 35.5. The topological polar surface area (TPSA) is 41.6 Å². The maximum atomic E-state index is 11.8. The molecule has 5 heteroatoms. The molecule has 21 heavy (non-hydrogen) atoms. The van der Waals surface area contributed by atoms with Crippen LogP contribution in [0.5, 0.6) is 5.75 Å². The number of methoxy groups -OCH3 is 1. The first-order valence-corrected chi connectivity index (χ1v) is 6.83. The van der Waals surface area contributed by atoms with Crippen molar-refractivity contribution in [2.75, 3.05) is 26.1 Å². The van der Waals surface area contributed by atoms with Crippen LogP contribution in [0.2, 0.25) is 5.02 Å². The molecule has 0 aliphatic heterocycles. The molecule has 1 amide bonds. The number of amides is 1. The number of anilines is 2. The van der Waals surface area contributed by atoms with Crippen molar-refractivity contribution in [3.63, 3.8) is 0 Å². The number of carbonyl (C=O) groups is 1. The van der Waals surface area contributed by atoms with Gasteiger partial charge in [0.1, 0.15) is 5.75 Å². The first-order valence-electron chi connectivity index (χ1n) is 6.45. The van der Waals surface area contributed by atoms with Gasteiger partial charge >= 0.3 is 0 Å². The molecule has 0 spiro atoms. The Kier molecular flexibility index (Phi) is 4.70. The van der Waals surface area contributed by atoms with Crippen LogP contribution < -0.4 is 15.0 Å². The van der Waals surface area contributed by atoms with Crippen LogP contribution in [0.25, 0.3) is 0 Å². The van der Waals surface area contributed by atoms with Crippen LogP contribution in [0.3, 0.4) is 0 Å². The van der Waals surface area contributed by atoms with Crippen LogP contribution in [0.15, 0.2) is 42.5 Å². The monoisotopic (exact) mass is 304 g/mol. The fraction of sp³-hybridized carbons (Fsp3) is 0.188. The highest BCUT2D eigenvalue weighted by molar-refractivity contribution is 6.31. The van der Waals surface area contributed by atoms with Gasteiger partial charge in [-0.05, 0) is 42.5 Å². The molecule has 0 aliphatic rings. The first kappa shape index (κ1) is 15.2. The van der Waals surface area contributed by atoms with Crippen molar-refractivity contribution < 1.29 is 9.53 Å². The Morgan fingerprint density at radius 1 is 1.14 bits per heavy atom. The molecule has 2 rings (SSSR count). The smallest absolute Gasteiger partial charge is 0.251 e. The van der Waals surface area contributed by atoms with Crippen LogP contribution in [0.1, 0.15) is 10.4 Å². The number of hydrogen-bond donors (Lipinski definition) is 1. The lowest BCUT2D eigenvalue weighted by molar-refractivity contribution is 0.0963. The summed E-state index contributed by atoms with van der Waals surface area (Å²) in [4.78, 5) is 13.7. The molecule has 0 unspecified atom stereocenters. The van der Waals surface area contributed by atoms with Crippen LogP contribution in [0, 0.1) is 0 Å². The molecule has 0 saturated carbocycles. The van der Waals surface area contributed by atoms with Crippen molar-refractivity contribution in [1.82, 2.24) is 5.32 Å². The molecule has 0 radical (unpaired) electrons. The molecule has 2 aromatic rings. The van der Waals surface area contributed by atoms with E-state index in [-0.39, 0.29) is 5.91 Å². The van der Waals surface area contributed by atoms with E-state index in [0.717, 1.165) is 17.1 Å². The molecule has 1 N–H and O–H groups in total. The number of rotatable bonds is 4. The Labute approximate surface area is 129 Å². The fourth-order valence-corrected chi connectivity index (χ4v) is 2.23. The van der Waals surface area contributed by atoms with Gasteiger partial charge in [0.05, 0.1) is 7.11 Å². The van der Waals surface area contributed by atoms with Gasteiger partial charge in [0, 0.05) is 36.1 Å². The Balaban J connectivity index is 2.35. The Morgan fingerprint density at radius 3 is 2.38 bits per heavy atom. The minimum Gasteiger partial charge on any atom is -0.497 e. The van der Waals surface area contributed by atoms with E-state index < -0.39 is 0 Å². The molecule has 4 nitrogen and oxygen atoms in total. The standard InChI is InChI=1S/C16H17ClN2O2/c1-18-16(20)11-8-12(17)10-14(9-11)19(2)13-4-6-15(21-3)7-5-13/h4-10H,1-3H3,(H,18,20). The average molecular weight is 305 g/mol. The third-order valence-electron chi connectivity index (χ3n) is 3.22. The van der Waals surface area contributed by atoms with Crippen molar-refractivity contribution in [2.24, 2.45) is 0 Å². The highest BCUT2D eigenvalue weighted by Crippen LogP contribution is 2.28. The Morgan fingerprint density at radius 2 is 1.81 bits per heavy atom. The second-order valence-corrected chi connectivity index (χ2v) is 4.97. The van der Waals surface area contributed by atoms with E-state index in [1.807, 2.05) is 42.3 Å². The maximum absolute atomic E-state index is 11.8. The SMILES string of the molecule is CNC(=O)c1cc(Cl)cc(N(C)c2ccc(OC)cc2)c1. The molecule has 0 bridgehead atoms. The molecule has 0 saturated heterocycles. The zero-order valence-corrected chi connectivity index (χ0v) is 12.9. The van der Waals surface area contributed by atoms with Gasteiger partial charge in [-0.15, -0.1) is 0 Å². The van der Waals surface area contributed by atoms with Gasteiger partial charge in [-0.1, -0.05) is 11.6 Å². The highest BCUT2D eigenvalue weighted by Gasteiger charge is 2.10. The van der Waals surface area contributed by atoms with Crippen molar-refractivity contribution >= 4 is 28.9 Å². The first-order chi connectivity index (χ1) is 10.0. The molecule has 110 valence electrons. The molecule has 0 heterocycles. The second kappa shape index (κ2) is 6.50. The predicted octanol–water partition coefficient (Wildman–Crippen LogP) is 3.48. The van der Waals surface area contributed by atoms with E-state index in [2.05, 4.69) is 5.32 Å². The lowest BCUT2D eigenvalue weighted by atomic mass is 10.1. The lowest BCUT2D eigenvalue weighted by Crippen LogP contribution is -2.18. The van der Waals surface area contributed by atoms with E-state index in [9.17, 15) is 4.79 Å². The second-order valence-electron chi connectivity index (χ2n) is 4.53. The molecule has 0 aromatic heterocycles. The van der Waals surface area contributed by atoms with Gasteiger partial charge in [0.25, 0.3) is 5.91 Å². The maximum Gasteiger partial charge on any atom is 0.251 e. The third kappa shape index (κ3) is 3.47. The van der Waals surface area contributed by atoms with E-state index in [1.165, 1.54) is 0 Å². The molecular weight excluding hydrogens is 288 g/mol. The van der Waals surface area contributed by atoms with Gasteiger partial charge in [0.15, 0.2) is 0 Å². The molecule has 0 fully saturated rings. The summed E-state index contributed by atoms with van der Waals surface area (Å²) in [6, 6.07) is 12.9. The number of hydrogen-bond acceptors (Lipinski definition) is 3. The summed E-state index contributed by atoms with van der Waals surface area (Å²) in [6.45, 7) is 0. The number of benzene rings is 2. The Hall–Kier alpha value is -2.20. The fourth-order valence-electron chi connectivity index (χ4n) is 2.00. The summed E-state index contributed by atoms with van der Waals surface area (Å²) in [5.41, 5.74) is 2.34. The van der Waals surface area contributed by atoms with E-state index in [0.29, 0.717) is 10.6 Å². The van der Waals surface area contributed by atoms with Gasteiger partial charge in [-0.2, -0.15) is 0 Å². The Bertz CT molecular complexity index is 641. The zero-order valence-electron chi connectivity index (χ0n) is 12.2. The summed E-state index contributed by atoms with van der Waals surface area (Å²) in [5.74, 6) is 0.631. The molecule has 2 aromatic carbocycles. The van der Waals surface area contributed by atoms with Crippen molar-refractivity contribution in [3.05, 3.63) is 53.1 Å². The molecule has 0 atom stereocenters. The van der Waals surface area contributed by atoms with Gasteiger partial charge in [0.2, 0.25) is 0 Å². The van der Waals surface area contributed by atoms with E-state index >= 15 is 0 Å². The van der Waals surface area contributed by atoms with Crippen molar-refractivity contribution in [2.45, 2.75) is 0 Å². The quantitative estimate of drug-likeness (QED) is 0.940. The van der Waals surface area contributed by atoms with Gasteiger partial charge < -0.3 is 15.0 Å². The number of carbonyl (C=O) groups excluding carboxylic acids is 1. The third-order valence-corrected chi connectivity index (χ3v) is 3.44. The summed E-state index contributed by atoms with van der Waals surface area (Å²) in [5, 5.41) is 3.12. The summed E-state index contributed by atoms with van der Waals surface area (Å²) in [6.07, 6.45) is 0. The molecule has 0 aliphatic carbocycles. The van der Waals surface area contributed by atoms with E-state index in [1.54, 1.807) is 26.3 Å². The number of halogens is 1. The minimum absolute atomic E-state index is 0.165. The van der Waals surface area contributed by atoms with Crippen LogP contribution in [0.4, 0.5) is 11.4 Å². The molecular formula is C16H17ClN2O2. The summed E-state index contributed by atoms with van der Waals surface area (Å²) >= 11 is 6.10. The van der Waals surface area contributed by atoms with Gasteiger partial charge in [-0.25, -0.2) is 0 Å². The van der Waals surface area contributed by atoms with Crippen molar-refractivity contribution in [1.29, 1.82) is 0 Å². The number of ether oxygens (including phenoxy) is 1. The summed E-state index contributed by atoms with van der Waals surface area (Å²) < 4.78 is 5.15. The van der Waals surface area contributed by atoms with E-state index in [4.69, 9.17) is 16.3 Å². The predicted molar refractivity (Wildman–Crippen MR) is 85.9 cm³/mol. The van der Waals surface area contributed by atoms with Crippen LogP contribution >= 0.6 is 11.6 Å². The average Bonchev–Trinajstić information content (AvgIpc) is 2.52. The largest absolute Gasteiger partial charge is 0.497 e. The lowest BCUT2D eigenvalue weighted by Gasteiger charge is -2.20.